The normalized spacial score (nSPS) is 11.0. The average molecular weight is 308 g/mol. The topological polar surface area (TPSA) is 17.1 Å². The first kappa shape index (κ1) is 15.4. The van der Waals surface area contributed by atoms with Gasteiger partial charge in [-0.15, -0.1) is 11.8 Å². The summed E-state index contributed by atoms with van der Waals surface area (Å²) in [7, 11) is 0. The molecule has 0 aromatic heterocycles. The molecule has 0 fully saturated rings. The first-order chi connectivity index (χ1) is 10.0. The van der Waals surface area contributed by atoms with Gasteiger partial charge in [-0.3, -0.25) is 4.79 Å². The number of carbonyl (C=O) groups excluding carboxylic acids is 1. The van der Waals surface area contributed by atoms with Gasteiger partial charge < -0.3 is 0 Å². The van der Waals surface area contributed by atoms with E-state index in [1.165, 1.54) is 0 Å². The molecule has 2 rings (SSSR count). The summed E-state index contributed by atoms with van der Waals surface area (Å²) in [6.45, 7) is 0. The smallest absolute Gasteiger partial charge is 0.185 e. The molecule has 2 aromatic rings. The Labute approximate surface area is 124 Å². The zero-order valence-electron chi connectivity index (χ0n) is 11.1. The quantitative estimate of drug-likeness (QED) is 0.352. The number of benzene rings is 2. The van der Waals surface area contributed by atoms with E-state index in [4.69, 9.17) is 0 Å². The third-order valence-corrected chi connectivity index (χ3v) is 3.55. The highest BCUT2D eigenvalue weighted by Crippen LogP contribution is 2.17. The van der Waals surface area contributed by atoms with E-state index >= 15 is 0 Å². The Morgan fingerprint density at radius 2 is 1.76 bits per heavy atom. The van der Waals surface area contributed by atoms with Crippen molar-refractivity contribution < 1.29 is 18.0 Å². The van der Waals surface area contributed by atoms with Gasteiger partial charge in [0.2, 0.25) is 0 Å². The van der Waals surface area contributed by atoms with Gasteiger partial charge in [0.15, 0.2) is 17.4 Å². The van der Waals surface area contributed by atoms with Crippen molar-refractivity contribution >= 4 is 23.6 Å². The van der Waals surface area contributed by atoms with Gasteiger partial charge in [0.1, 0.15) is 5.82 Å². The van der Waals surface area contributed by atoms with Crippen molar-refractivity contribution in [3.63, 3.8) is 0 Å². The average Bonchev–Trinajstić information content (AvgIpc) is 2.49. The fourth-order valence-corrected chi connectivity index (χ4v) is 2.12. The highest BCUT2D eigenvalue weighted by atomic mass is 32.2. The van der Waals surface area contributed by atoms with Gasteiger partial charge in [-0.25, -0.2) is 13.2 Å². The van der Waals surface area contributed by atoms with Gasteiger partial charge in [-0.2, -0.15) is 0 Å². The molecule has 108 valence electrons. The Balaban J connectivity index is 2.22. The molecule has 0 amide bonds. The number of carbonyl (C=O) groups is 1. The van der Waals surface area contributed by atoms with Crippen molar-refractivity contribution in [3.8, 4) is 0 Å². The van der Waals surface area contributed by atoms with Gasteiger partial charge >= 0.3 is 0 Å². The summed E-state index contributed by atoms with van der Waals surface area (Å²) in [6, 6.07) is 8.14. The van der Waals surface area contributed by atoms with Crippen LogP contribution in [0.1, 0.15) is 15.9 Å². The van der Waals surface area contributed by atoms with E-state index in [1.54, 1.807) is 36.0 Å². The molecule has 2 aromatic carbocycles. The van der Waals surface area contributed by atoms with Crippen LogP contribution in [0.25, 0.3) is 6.08 Å². The summed E-state index contributed by atoms with van der Waals surface area (Å²) in [5.74, 6) is -3.73. The lowest BCUT2D eigenvalue weighted by Gasteiger charge is -2.00. The molecule has 0 unspecified atom stereocenters. The molecule has 21 heavy (non-hydrogen) atoms. The lowest BCUT2D eigenvalue weighted by molar-refractivity contribution is 0.104. The number of allylic oxidation sites excluding steroid dienone is 1. The second-order valence-electron chi connectivity index (χ2n) is 4.22. The SMILES string of the molecule is CSc1ccc(C(=O)C=Cc2cc(F)cc(F)c2F)cc1. The van der Waals surface area contributed by atoms with E-state index < -0.39 is 17.5 Å². The third kappa shape index (κ3) is 3.76. The van der Waals surface area contributed by atoms with Crippen molar-refractivity contribution in [1.82, 2.24) is 0 Å². The van der Waals surface area contributed by atoms with Crippen molar-refractivity contribution in [2.24, 2.45) is 0 Å². The van der Waals surface area contributed by atoms with Crippen molar-refractivity contribution in [2.75, 3.05) is 6.26 Å². The maximum Gasteiger partial charge on any atom is 0.185 e. The summed E-state index contributed by atoms with van der Waals surface area (Å²) in [5, 5.41) is 0. The van der Waals surface area contributed by atoms with Gasteiger partial charge in [0, 0.05) is 22.1 Å². The van der Waals surface area contributed by atoms with Crippen LogP contribution in [0.4, 0.5) is 13.2 Å². The van der Waals surface area contributed by atoms with Gasteiger partial charge in [-0.1, -0.05) is 0 Å². The molecular weight excluding hydrogens is 297 g/mol. The summed E-state index contributed by atoms with van der Waals surface area (Å²) in [5.41, 5.74) is 0.114. The highest BCUT2D eigenvalue weighted by molar-refractivity contribution is 7.98. The summed E-state index contributed by atoms with van der Waals surface area (Å²) < 4.78 is 39.5. The zero-order valence-corrected chi connectivity index (χ0v) is 11.9. The largest absolute Gasteiger partial charge is 0.289 e. The van der Waals surface area contributed by atoms with Crippen LogP contribution in [0, 0.1) is 17.5 Å². The van der Waals surface area contributed by atoms with E-state index in [1.807, 2.05) is 6.26 Å². The molecule has 0 N–H and O–H groups in total. The van der Waals surface area contributed by atoms with Crippen LogP contribution >= 0.6 is 11.8 Å². The van der Waals surface area contributed by atoms with E-state index in [2.05, 4.69) is 0 Å². The number of ketones is 1. The van der Waals surface area contributed by atoms with Crippen LogP contribution in [0.2, 0.25) is 0 Å². The van der Waals surface area contributed by atoms with Crippen LogP contribution in [0.3, 0.4) is 0 Å². The first-order valence-electron chi connectivity index (χ1n) is 6.02. The standard InChI is InChI=1S/C16H11F3OS/c1-21-13-5-2-10(3-6-13)15(20)7-4-11-8-12(17)9-14(18)16(11)19/h2-9H,1H3. The number of hydrogen-bond acceptors (Lipinski definition) is 2. The van der Waals surface area contributed by atoms with Crippen molar-refractivity contribution in [2.45, 2.75) is 4.90 Å². The lowest BCUT2D eigenvalue weighted by atomic mass is 10.1. The minimum Gasteiger partial charge on any atom is -0.289 e. The Kier molecular flexibility index (Phi) is 4.85. The molecule has 0 saturated carbocycles. The molecule has 0 aliphatic carbocycles. The Hall–Kier alpha value is -2.01. The van der Waals surface area contributed by atoms with Crippen LogP contribution in [-0.4, -0.2) is 12.0 Å². The molecule has 0 radical (unpaired) electrons. The van der Waals surface area contributed by atoms with Crippen molar-refractivity contribution in [1.29, 1.82) is 0 Å². The minimum atomic E-state index is -1.29. The molecule has 0 bridgehead atoms. The van der Waals surface area contributed by atoms with Gasteiger partial charge in [0.25, 0.3) is 0 Å². The van der Waals surface area contributed by atoms with Crippen LogP contribution < -0.4 is 0 Å². The molecule has 0 aliphatic rings. The van der Waals surface area contributed by atoms with Gasteiger partial charge in [-0.05, 0) is 48.7 Å². The summed E-state index contributed by atoms with van der Waals surface area (Å²) in [6.07, 6.45) is 4.07. The number of hydrogen-bond donors (Lipinski definition) is 0. The first-order valence-corrected chi connectivity index (χ1v) is 7.24. The Morgan fingerprint density at radius 1 is 1.10 bits per heavy atom. The maximum absolute atomic E-state index is 13.4. The molecule has 5 heteroatoms. The monoisotopic (exact) mass is 308 g/mol. The predicted octanol–water partition coefficient (Wildman–Crippen LogP) is 4.72. The zero-order chi connectivity index (χ0) is 15.4. The maximum atomic E-state index is 13.4. The molecular formula is C16H11F3OS. The third-order valence-electron chi connectivity index (χ3n) is 2.81. The molecule has 0 atom stereocenters. The summed E-state index contributed by atoms with van der Waals surface area (Å²) in [4.78, 5) is 12.9. The second kappa shape index (κ2) is 6.63. The number of thioether (sulfide) groups is 1. The Bertz CT molecular complexity index is 693. The molecule has 0 saturated heterocycles. The number of halogens is 3. The van der Waals surface area contributed by atoms with E-state index in [0.29, 0.717) is 11.6 Å². The second-order valence-corrected chi connectivity index (χ2v) is 5.10. The molecule has 1 nitrogen and oxygen atoms in total. The van der Waals surface area contributed by atoms with Crippen LogP contribution in [-0.2, 0) is 0 Å². The lowest BCUT2D eigenvalue weighted by Crippen LogP contribution is -1.95. The number of rotatable bonds is 4. The van der Waals surface area contributed by atoms with Crippen molar-refractivity contribution in [3.05, 3.63) is 71.1 Å². The van der Waals surface area contributed by atoms with Gasteiger partial charge in [0.05, 0.1) is 0 Å². The van der Waals surface area contributed by atoms with Crippen LogP contribution in [0.15, 0.2) is 47.4 Å². The molecule has 0 heterocycles. The van der Waals surface area contributed by atoms with E-state index in [-0.39, 0.29) is 11.3 Å². The predicted molar refractivity (Wildman–Crippen MR) is 77.9 cm³/mol. The molecule has 0 aliphatic heterocycles. The Morgan fingerprint density at radius 3 is 2.38 bits per heavy atom. The van der Waals surface area contributed by atoms with Crippen LogP contribution in [0.5, 0.6) is 0 Å². The fourth-order valence-electron chi connectivity index (χ4n) is 1.71. The minimum absolute atomic E-state index is 0.304. The highest BCUT2D eigenvalue weighted by Gasteiger charge is 2.09. The summed E-state index contributed by atoms with van der Waals surface area (Å²) >= 11 is 1.54. The van der Waals surface area contributed by atoms with E-state index in [9.17, 15) is 18.0 Å². The van der Waals surface area contributed by atoms with E-state index in [0.717, 1.165) is 23.1 Å². The molecule has 0 spiro atoms. The fraction of sp³-hybridized carbons (Fsp3) is 0.0625.